The van der Waals surface area contributed by atoms with Gasteiger partial charge in [-0.1, -0.05) is 24.3 Å². The van der Waals surface area contributed by atoms with Crippen LogP contribution in [0.2, 0.25) is 0 Å². The van der Waals surface area contributed by atoms with Crippen molar-refractivity contribution in [1.29, 1.82) is 0 Å². The molecule has 3 aliphatic rings. The number of benzene rings is 1. The van der Waals surface area contributed by atoms with E-state index in [0.717, 1.165) is 17.8 Å². The van der Waals surface area contributed by atoms with E-state index in [9.17, 15) is 0 Å². The molecule has 2 heteroatoms. The van der Waals surface area contributed by atoms with Crippen LogP contribution >= 0.6 is 0 Å². The van der Waals surface area contributed by atoms with Crippen LogP contribution in [0.1, 0.15) is 29.9 Å². The summed E-state index contributed by atoms with van der Waals surface area (Å²) in [7, 11) is 0. The molecule has 1 aromatic carbocycles. The Hall–Kier alpha value is -0.860. The molecule has 0 saturated carbocycles. The number of hydrogen-bond donors (Lipinski definition) is 1. The molecule has 0 bridgehead atoms. The number of fused-ring (bicyclic) bond motifs is 2. The summed E-state index contributed by atoms with van der Waals surface area (Å²) in [6.07, 6.45) is 4.06. The minimum Gasteiger partial charge on any atom is -0.316 e. The number of nitrogens with zero attached hydrogens (tertiary/aromatic N) is 1. The van der Waals surface area contributed by atoms with Crippen LogP contribution in [0.25, 0.3) is 0 Å². The Morgan fingerprint density at radius 2 is 1.89 bits per heavy atom. The summed E-state index contributed by atoms with van der Waals surface area (Å²) in [5, 5.41) is 3.54. The standard InChI is InChI=1S/C17H24N2/c1-2-7-17-13(4-1)5-3-6-14(17)10-19-11-15-8-18-9-16(15)12-19/h1-2,4,7,14-16,18H,3,5-6,8-12H2. The van der Waals surface area contributed by atoms with Crippen LogP contribution in [0, 0.1) is 11.8 Å². The Labute approximate surface area is 116 Å². The first kappa shape index (κ1) is 11.9. The van der Waals surface area contributed by atoms with Crippen molar-refractivity contribution in [2.75, 3.05) is 32.7 Å². The molecule has 0 aromatic heterocycles. The van der Waals surface area contributed by atoms with Gasteiger partial charge in [0, 0.05) is 19.6 Å². The third-order valence-electron chi connectivity index (χ3n) is 5.44. The summed E-state index contributed by atoms with van der Waals surface area (Å²) >= 11 is 0. The van der Waals surface area contributed by atoms with E-state index < -0.39 is 0 Å². The summed E-state index contributed by atoms with van der Waals surface area (Å²) in [6.45, 7) is 6.46. The van der Waals surface area contributed by atoms with Crippen molar-refractivity contribution < 1.29 is 0 Å². The van der Waals surface area contributed by atoms with Gasteiger partial charge < -0.3 is 10.2 Å². The van der Waals surface area contributed by atoms with Gasteiger partial charge in [-0.3, -0.25) is 0 Å². The molecule has 4 rings (SSSR count). The normalized spacial score (nSPS) is 34.2. The molecular weight excluding hydrogens is 232 g/mol. The molecule has 2 nitrogen and oxygen atoms in total. The number of nitrogens with one attached hydrogen (secondary N) is 1. The maximum Gasteiger partial charge on any atom is 0.00506 e. The molecule has 3 atom stereocenters. The zero-order chi connectivity index (χ0) is 12.7. The lowest BCUT2D eigenvalue weighted by Gasteiger charge is -2.29. The smallest absolute Gasteiger partial charge is 0.00506 e. The second-order valence-corrected chi connectivity index (χ2v) is 6.68. The lowest BCUT2D eigenvalue weighted by Crippen LogP contribution is -2.31. The quantitative estimate of drug-likeness (QED) is 0.873. The van der Waals surface area contributed by atoms with Gasteiger partial charge in [-0.2, -0.15) is 0 Å². The summed E-state index contributed by atoms with van der Waals surface area (Å²) < 4.78 is 0. The molecule has 0 spiro atoms. The Bertz CT molecular complexity index is 444. The zero-order valence-corrected chi connectivity index (χ0v) is 11.6. The summed E-state index contributed by atoms with van der Waals surface area (Å²) in [6, 6.07) is 9.13. The molecule has 1 aliphatic carbocycles. The van der Waals surface area contributed by atoms with Crippen LogP contribution in [0.15, 0.2) is 24.3 Å². The van der Waals surface area contributed by atoms with Crippen molar-refractivity contribution in [3.8, 4) is 0 Å². The fourth-order valence-corrected chi connectivity index (χ4v) is 4.46. The van der Waals surface area contributed by atoms with Crippen molar-refractivity contribution in [2.24, 2.45) is 11.8 Å². The molecule has 102 valence electrons. The predicted molar refractivity (Wildman–Crippen MR) is 78.4 cm³/mol. The van der Waals surface area contributed by atoms with Crippen LogP contribution in [0.5, 0.6) is 0 Å². The lowest BCUT2D eigenvalue weighted by atomic mass is 9.82. The Balaban J connectivity index is 1.47. The van der Waals surface area contributed by atoms with Gasteiger partial charge in [-0.25, -0.2) is 0 Å². The molecular formula is C17H24N2. The average Bonchev–Trinajstić information content (AvgIpc) is 3.00. The van der Waals surface area contributed by atoms with Crippen molar-refractivity contribution in [3.63, 3.8) is 0 Å². The van der Waals surface area contributed by atoms with E-state index >= 15 is 0 Å². The van der Waals surface area contributed by atoms with Crippen LogP contribution in [0.4, 0.5) is 0 Å². The molecule has 3 unspecified atom stereocenters. The molecule has 0 amide bonds. The fraction of sp³-hybridized carbons (Fsp3) is 0.647. The maximum atomic E-state index is 3.54. The molecule has 0 radical (unpaired) electrons. The average molecular weight is 256 g/mol. The summed E-state index contributed by atoms with van der Waals surface area (Å²) in [4.78, 5) is 2.74. The highest BCUT2D eigenvalue weighted by Gasteiger charge is 2.37. The Morgan fingerprint density at radius 1 is 1.11 bits per heavy atom. The van der Waals surface area contributed by atoms with Crippen LogP contribution < -0.4 is 5.32 Å². The number of hydrogen-bond acceptors (Lipinski definition) is 2. The summed E-state index contributed by atoms with van der Waals surface area (Å²) in [5.74, 6) is 2.65. The first-order valence-electron chi connectivity index (χ1n) is 7.91. The van der Waals surface area contributed by atoms with Crippen molar-refractivity contribution in [1.82, 2.24) is 10.2 Å². The van der Waals surface area contributed by atoms with Gasteiger partial charge in [-0.15, -0.1) is 0 Å². The van der Waals surface area contributed by atoms with Crippen LogP contribution in [-0.2, 0) is 6.42 Å². The third kappa shape index (κ3) is 2.21. The Kier molecular flexibility index (Phi) is 3.08. The van der Waals surface area contributed by atoms with Gasteiger partial charge in [0.05, 0.1) is 0 Å². The van der Waals surface area contributed by atoms with Gasteiger partial charge in [-0.05, 0) is 61.2 Å². The second kappa shape index (κ2) is 4.92. The highest BCUT2D eigenvalue weighted by atomic mass is 15.2. The topological polar surface area (TPSA) is 15.3 Å². The maximum absolute atomic E-state index is 3.54. The SMILES string of the molecule is c1ccc2c(c1)CCCC2CN1CC2CNCC2C1. The zero-order valence-electron chi connectivity index (χ0n) is 11.6. The largest absolute Gasteiger partial charge is 0.316 e. The van der Waals surface area contributed by atoms with Gasteiger partial charge in [0.25, 0.3) is 0 Å². The minimum atomic E-state index is 0.789. The molecule has 2 fully saturated rings. The first-order valence-corrected chi connectivity index (χ1v) is 7.91. The van der Waals surface area contributed by atoms with Crippen molar-refractivity contribution in [2.45, 2.75) is 25.2 Å². The van der Waals surface area contributed by atoms with E-state index in [0.29, 0.717) is 0 Å². The molecule has 2 heterocycles. The second-order valence-electron chi connectivity index (χ2n) is 6.68. The molecule has 19 heavy (non-hydrogen) atoms. The monoisotopic (exact) mass is 256 g/mol. The van der Waals surface area contributed by atoms with Crippen molar-refractivity contribution in [3.05, 3.63) is 35.4 Å². The number of rotatable bonds is 2. The minimum absolute atomic E-state index is 0.789. The van der Waals surface area contributed by atoms with E-state index in [1.165, 1.54) is 52.0 Å². The third-order valence-corrected chi connectivity index (χ3v) is 5.44. The number of aryl methyl sites for hydroxylation is 1. The van der Waals surface area contributed by atoms with E-state index in [1.807, 2.05) is 0 Å². The molecule has 2 saturated heterocycles. The van der Waals surface area contributed by atoms with E-state index in [4.69, 9.17) is 0 Å². The predicted octanol–water partition coefficient (Wildman–Crippen LogP) is 2.26. The van der Waals surface area contributed by atoms with E-state index in [1.54, 1.807) is 11.1 Å². The van der Waals surface area contributed by atoms with Gasteiger partial charge >= 0.3 is 0 Å². The van der Waals surface area contributed by atoms with Gasteiger partial charge in [0.15, 0.2) is 0 Å². The van der Waals surface area contributed by atoms with Crippen LogP contribution in [-0.4, -0.2) is 37.6 Å². The fourth-order valence-electron chi connectivity index (χ4n) is 4.46. The van der Waals surface area contributed by atoms with E-state index in [2.05, 4.69) is 34.5 Å². The lowest BCUT2D eigenvalue weighted by molar-refractivity contribution is 0.281. The van der Waals surface area contributed by atoms with Crippen molar-refractivity contribution >= 4 is 0 Å². The highest BCUT2D eigenvalue weighted by molar-refractivity contribution is 5.32. The van der Waals surface area contributed by atoms with E-state index in [-0.39, 0.29) is 0 Å². The van der Waals surface area contributed by atoms with Gasteiger partial charge in [0.1, 0.15) is 0 Å². The van der Waals surface area contributed by atoms with Gasteiger partial charge in [0.2, 0.25) is 0 Å². The Morgan fingerprint density at radius 3 is 2.74 bits per heavy atom. The first-order chi connectivity index (χ1) is 9.40. The molecule has 1 aromatic rings. The number of likely N-dealkylation sites (tertiary alicyclic amines) is 1. The summed E-state index contributed by atoms with van der Waals surface area (Å²) in [5.41, 5.74) is 3.25. The molecule has 2 aliphatic heterocycles. The highest BCUT2D eigenvalue weighted by Crippen LogP contribution is 2.34. The molecule has 1 N–H and O–H groups in total. The van der Waals surface area contributed by atoms with Crippen LogP contribution in [0.3, 0.4) is 0 Å².